The zero-order chi connectivity index (χ0) is 17.3. The molecule has 0 radical (unpaired) electrons. The molecular formula is C12H24N2O9. The van der Waals surface area contributed by atoms with Crippen LogP contribution in [-0.4, -0.2) is 105 Å². The van der Waals surface area contributed by atoms with Gasteiger partial charge in [0.1, 0.15) is 36.6 Å². The van der Waals surface area contributed by atoms with Crippen molar-refractivity contribution in [1.29, 1.82) is 0 Å². The zero-order valence-electron chi connectivity index (χ0n) is 12.3. The Hall–Kier alpha value is -0.440. The molecule has 2 aliphatic rings. The van der Waals surface area contributed by atoms with Crippen LogP contribution in [0.1, 0.15) is 0 Å². The van der Waals surface area contributed by atoms with E-state index in [2.05, 4.69) is 0 Å². The summed E-state index contributed by atoms with van der Waals surface area (Å²) in [5.74, 6) is 0. The van der Waals surface area contributed by atoms with Crippen molar-refractivity contribution in [2.75, 3.05) is 13.2 Å². The quantitative estimate of drug-likeness (QED) is 0.242. The van der Waals surface area contributed by atoms with Crippen LogP contribution in [0.5, 0.6) is 0 Å². The Kier molecular flexibility index (Phi) is 6.27. The third kappa shape index (κ3) is 3.65. The summed E-state index contributed by atoms with van der Waals surface area (Å²) in [7, 11) is 0. The van der Waals surface area contributed by atoms with Gasteiger partial charge in [-0.15, -0.1) is 0 Å². The summed E-state index contributed by atoms with van der Waals surface area (Å²) in [6.07, 6.45) is -10.5. The molecule has 0 aromatic heterocycles. The smallest absolute Gasteiger partial charge is 0.188 e. The van der Waals surface area contributed by atoms with Crippen LogP contribution in [0.4, 0.5) is 0 Å². The second-order valence-corrected chi connectivity index (χ2v) is 5.70. The fraction of sp³-hybridized carbons (Fsp3) is 1.00. The van der Waals surface area contributed by atoms with Crippen molar-refractivity contribution in [3.63, 3.8) is 0 Å². The van der Waals surface area contributed by atoms with Crippen LogP contribution in [-0.2, 0) is 14.2 Å². The van der Waals surface area contributed by atoms with Crippen molar-refractivity contribution in [2.45, 2.75) is 61.3 Å². The van der Waals surface area contributed by atoms with Gasteiger partial charge in [-0.25, -0.2) is 0 Å². The summed E-state index contributed by atoms with van der Waals surface area (Å²) in [4.78, 5) is 0. The molecule has 0 aliphatic carbocycles. The first-order chi connectivity index (χ1) is 10.8. The maximum atomic E-state index is 10.00. The highest BCUT2D eigenvalue weighted by Gasteiger charge is 2.48. The lowest BCUT2D eigenvalue weighted by atomic mass is 9.96. The Morgan fingerprint density at radius 2 is 1.04 bits per heavy atom. The normalized spacial score (nSPS) is 51.7. The largest absolute Gasteiger partial charge is 0.394 e. The molecule has 2 rings (SSSR count). The summed E-state index contributed by atoms with van der Waals surface area (Å²) in [6, 6.07) is -2.31. The lowest BCUT2D eigenvalue weighted by molar-refractivity contribution is -0.358. The predicted molar refractivity (Wildman–Crippen MR) is 72.6 cm³/mol. The summed E-state index contributed by atoms with van der Waals surface area (Å²) >= 11 is 0. The molecular weight excluding hydrogens is 316 g/mol. The van der Waals surface area contributed by atoms with Crippen molar-refractivity contribution >= 4 is 0 Å². The minimum atomic E-state index is -1.46. The summed E-state index contributed by atoms with van der Waals surface area (Å²) in [6.45, 7) is -1.12. The van der Waals surface area contributed by atoms with E-state index in [-0.39, 0.29) is 0 Å². The molecule has 11 nitrogen and oxygen atoms in total. The van der Waals surface area contributed by atoms with Crippen LogP contribution in [0.2, 0.25) is 0 Å². The third-order valence-electron chi connectivity index (χ3n) is 4.14. The van der Waals surface area contributed by atoms with Crippen LogP contribution < -0.4 is 11.5 Å². The van der Waals surface area contributed by atoms with Crippen LogP contribution in [0.15, 0.2) is 0 Å². The number of hydrogen-bond acceptors (Lipinski definition) is 11. The van der Waals surface area contributed by atoms with Gasteiger partial charge in [0.15, 0.2) is 12.6 Å². The SMILES string of the molecule is N[C@@H]1[C@H](O)[C@@H](CO)OC(OC2O[C@H](CO)[C@@H](O)[C@@H](N)[C@@H]2O)[C@H]1O. The second-order valence-electron chi connectivity index (χ2n) is 5.70. The molecule has 23 heavy (non-hydrogen) atoms. The van der Waals surface area contributed by atoms with Crippen LogP contribution >= 0.6 is 0 Å². The van der Waals surface area contributed by atoms with Crippen molar-refractivity contribution in [1.82, 2.24) is 0 Å². The number of hydrogen-bond donors (Lipinski definition) is 8. The fourth-order valence-corrected chi connectivity index (χ4v) is 2.59. The van der Waals surface area contributed by atoms with Crippen LogP contribution in [0.25, 0.3) is 0 Å². The third-order valence-corrected chi connectivity index (χ3v) is 4.14. The van der Waals surface area contributed by atoms with Gasteiger partial charge in [-0.2, -0.15) is 0 Å². The molecule has 10 atom stereocenters. The Balaban J connectivity index is 2.07. The summed E-state index contributed by atoms with van der Waals surface area (Å²) in [5.41, 5.74) is 11.3. The highest BCUT2D eigenvalue weighted by molar-refractivity contribution is 4.95. The number of nitrogens with two attached hydrogens (primary N) is 2. The average Bonchev–Trinajstić information content (AvgIpc) is 2.55. The van der Waals surface area contributed by atoms with E-state index in [0.29, 0.717) is 0 Å². The lowest BCUT2D eigenvalue weighted by Crippen LogP contribution is -2.66. The van der Waals surface area contributed by atoms with E-state index in [1.165, 1.54) is 0 Å². The molecule has 2 saturated heterocycles. The predicted octanol–water partition coefficient (Wildman–Crippen LogP) is -5.46. The van der Waals surface area contributed by atoms with Crippen molar-refractivity contribution in [3.05, 3.63) is 0 Å². The highest BCUT2D eigenvalue weighted by Crippen LogP contribution is 2.26. The van der Waals surface area contributed by atoms with Gasteiger partial charge in [-0.05, 0) is 0 Å². The molecule has 0 spiro atoms. The summed E-state index contributed by atoms with van der Waals surface area (Å²) in [5, 5.41) is 57.8. The molecule has 2 unspecified atom stereocenters. The van der Waals surface area contributed by atoms with E-state index in [1.807, 2.05) is 0 Å². The maximum absolute atomic E-state index is 10.00. The van der Waals surface area contributed by atoms with Gasteiger partial charge >= 0.3 is 0 Å². The Morgan fingerprint density at radius 3 is 1.35 bits per heavy atom. The van der Waals surface area contributed by atoms with E-state index < -0.39 is 74.5 Å². The number of rotatable bonds is 4. The lowest BCUT2D eigenvalue weighted by Gasteiger charge is -2.45. The van der Waals surface area contributed by atoms with Gasteiger partial charge in [0.25, 0.3) is 0 Å². The molecule has 2 heterocycles. The Bertz CT molecular complexity index is 352. The van der Waals surface area contributed by atoms with Crippen LogP contribution in [0.3, 0.4) is 0 Å². The van der Waals surface area contributed by atoms with Crippen molar-refractivity contribution < 1.29 is 44.8 Å². The Labute approximate surface area is 132 Å². The van der Waals surface area contributed by atoms with E-state index in [4.69, 9.17) is 35.9 Å². The number of aliphatic hydroxyl groups excluding tert-OH is 6. The zero-order valence-corrected chi connectivity index (χ0v) is 12.3. The van der Waals surface area contributed by atoms with E-state index in [9.17, 15) is 20.4 Å². The minimum absolute atomic E-state index is 0.562. The Morgan fingerprint density at radius 1 is 0.696 bits per heavy atom. The average molecular weight is 340 g/mol. The highest BCUT2D eigenvalue weighted by atomic mass is 16.8. The van der Waals surface area contributed by atoms with Gasteiger partial charge in [0.05, 0.1) is 25.3 Å². The second kappa shape index (κ2) is 7.63. The molecule has 0 aromatic carbocycles. The van der Waals surface area contributed by atoms with E-state index >= 15 is 0 Å². The minimum Gasteiger partial charge on any atom is -0.394 e. The molecule has 0 saturated carbocycles. The van der Waals surface area contributed by atoms with Gasteiger partial charge < -0.3 is 56.3 Å². The number of aliphatic hydroxyl groups is 6. The van der Waals surface area contributed by atoms with Gasteiger partial charge in [0.2, 0.25) is 0 Å². The van der Waals surface area contributed by atoms with Crippen molar-refractivity contribution in [3.8, 4) is 0 Å². The summed E-state index contributed by atoms with van der Waals surface area (Å²) < 4.78 is 15.7. The molecule has 11 heteroatoms. The van der Waals surface area contributed by atoms with Crippen molar-refractivity contribution in [2.24, 2.45) is 11.5 Å². The molecule has 0 amide bonds. The van der Waals surface area contributed by atoms with Crippen LogP contribution in [0, 0.1) is 0 Å². The first kappa shape index (κ1) is 18.9. The molecule has 136 valence electrons. The molecule has 2 fully saturated rings. The monoisotopic (exact) mass is 340 g/mol. The standard InChI is InChI=1S/C12H24N2O9/c13-5-7(17)3(1-15)21-11(9(5)19)23-12-10(20)6(14)8(18)4(2-16)22-12/h3-12,15-20H,1-2,13-14H2/t3-,4-,5-,6-,7-,8-,9+,10+,11?,12?/m1/s1. The molecule has 0 bridgehead atoms. The molecule has 2 aliphatic heterocycles. The molecule has 0 aromatic rings. The molecule has 10 N–H and O–H groups in total. The topological polar surface area (TPSA) is 201 Å². The number of ether oxygens (including phenoxy) is 3. The fourth-order valence-electron chi connectivity index (χ4n) is 2.59. The van der Waals surface area contributed by atoms with E-state index in [1.54, 1.807) is 0 Å². The van der Waals surface area contributed by atoms with E-state index in [0.717, 1.165) is 0 Å². The maximum Gasteiger partial charge on any atom is 0.188 e. The van der Waals surface area contributed by atoms with Gasteiger partial charge in [-0.3, -0.25) is 0 Å². The first-order valence-electron chi connectivity index (χ1n) is 7.23. The van der Waals surface area contributed by atoms with Gasteiger partial charge in [0, 0.05) is 0 Å². The van der Waals surface area contributed by atoms with Gasteiger partial charge in [-0.1, -0.05) is 0 Å². The first-order valence-corrected chi connectivity index (χ1v) is 7.23.